The minimum atomic E-state index is -0.0466. The maximum absolute atomic E-state index is 5.65. The molecular weight excluding hydrogens is 238 g/mol. The van der Waals surface area contributed by atoms with Crippen LogP contribution in [0.2, 0.25) is 0 Å². The summed E-state index contributed by atoms with van der Waals surface area (Å²) in [5.41, 5.74) is 7.60. The van der Waals surface area contributed by atoms with E-state index < -0.39 is 0 Å². The Bertz CT molecular complexity index is 546. The van der Waals surface area contributed by atoms with E-state index in [-0.39, 0.29) is 5.41 Å². The molecule has 0 aliphatic heterocycles. The summed E-state index contributed by atoms with van der Waals surface area (Å²) in [7, 11) is 1.68. The highest BCUT2D eigenvalue weighted by atomic mass is 16.5. The number of hydrogen-bond donors (Lipinski definition) is 2. The summed E-state index contributed by atoms with van der Waals surface area (Å²) in [5, 5.41) is 0. The second kappa shape index (κ2) is 5.45. The van der Waals surface area contributed by atoms with Crippen molar-refractivity contribution in [3.05, 3.63) is 36.3 Å². The number of methoxy groups -OCH3 is 1. The Morgan fingerprint density at radius 3 is 2.74 bits per heavy atom. The lowest BCUT2D eigenvalue weighted by molar-refractivity contribution is 0.416. The highest BCUT2D eigenvalue weighted by Crippen LogP contribution is 2.31. The quantitative estimate of drug-likeness (QED) is 0.867. The van der Waals surface area contributed by atoms with Crippen molar-refractivity contribution in [2.24, 2.45) is 5.73 Å². The zero-order valence-electron chi connectivity index (χ0n) is 11.7. The van der Waals surface area contributed by atoms with E-state index in [0.717, 1.165) is 29.3 Å². The number of aromatic nitrogens is 2. The predicted molar refractivity (Wildman–Crippen MR) is 77.3 cm³/mol. The summed E-state index contributed by atoms with van der Waals surface area (Å²) >= 11 is 0. The molecule has 0 radical (unpaired) electrons. The van der Waals surface area contributed by atoms with Gasteiger partial charge in [0.1, 0.15) is 11.6 Å². The molecule has 0 saturated carbocycles. The minimum absolute atomic E-state index is 0.0466. The van der Waals surface area contributed by atoms with Crippen LogP contribution in [0.1, 0.15) is 26.1 Å². The third kappa shape index (κ3) is 2.79. The Hall–Kier alpha value is -1.81. The molecule has 19 heavy (non-hydrogen) atoms. The molecule has 0 unspecified atom stereocenters. The number of para-hydroxylation sites is 1. The van der Waals surface area contributed by atoms with Gasteiger partial charge in [-0.25, -0.2) is 4.98 Å². The standard InChI is InChI=1S/C15H21N3O/c1-15(2,8-9-16)14-17-10-12(18-14)11-6-4-5-7-13(11)19-3/h4-7,10H,8-9,16H2,1-3H3,(H,17,18). The van der Waals surface area contributed by atoms with Gasteiger partial charge in [-0.2, -0.15) is 0 Å². The summed E-state index contributed by atoms with van der Waals surface area (Å²) in [4.78, 5) is 7.87. The first kappa shape index (κ1) is 13.6. The summed E-state index contributed by atoms with van der Waals surface area (Å²) in [6.45, 7) is 4.94. The fourth-order valence-electron chi connectivity index (χ4n) is 2.15. The molecular formula is C15H21N3O. The van der Waals surface area contributed by atoms with Gasteiger partial charge in [0.2, 0.25) is 0 Å². The van der Waals surface area contributed by atoms with Crippen LogP contribution in [0, 0.1) is 0 Å². The molecule has 4 heteroatoms. The third-order valence-corrected chi connectivity index (χ3v) is 3.38. The molecule has 0 atom stereocenters. The van der Waals surface area contributed by atoms with E-state index in [1.54, 1.807) is 7.11 Å². The van der Waals surface area contributed by atoms with Crippen LogP contribution < -0.4 is 10.5 Å². The molecule has 0 aliphatic carbocycles. The number of nitrogens with two attached hydrogens (primary N) is 1. The topological polar surface area (TPSA) is 63.9 Å². The molecule has 1 heterocycles. The summed E-state index contributed by atoms with van der Waals surface area (Å²) in [6.07, 6.45) is 2.75. The number of rotatable bonds is 5. The Balaban J connectivity index is 2.36. The van der Waals surface area contributed by atoms with Crippen LogP contribution in [-0.2, 0) is 5.41 Å². The Morgan fingerprint density at radius 2 is 2.05 bits per heavy atom. The van der Waals surface area contributed by atoms with E-state index in [4.69, 9.17) is 10.5 Å². The van der Waals surface area contributed by atoms with Crippen molar-refractivity contribution < 1.29 is 4.74 Å². The molecule has 0 amide bonds. The van der Waals surface area contributed by atoms with Crippen LogP contribution in [0.3, 0.4) is 0 Å². The van der Waals surface area contributed by atoms with Gasteiger partial charge < -0.3 is 15.5 Å². The van der Waals surface area contributed by atoms with E-state index in [0.29, 0.717) is 6.54 Å². The maximum atomic E-state index is 5.65. The van der Waals surface area contributed by atoms with Gasteiger partial charge >= 0.3 is 0 Å². The number of benzene rings is 1. The van der Waals surface area contributed by atoms with Crippen LogP contribution in [0.15, 0.2) is 30.5 Å². The van der Waals surface area contributed by atoms with E-state index in [9.17, 15) is 0 Å². The molecule has 2 aromatic rings. The van der Waals surface area contributed by atoms with Gasteiger partial charge in [-0.1, -0.05) is 26.0 Å². The normalized spacial score (nSPS) is 11.6. The van der Waals surface area contributed by atoms with Crippen LogP contribution in [0.5, 0.6) is 5.75 Å². The number of imidazole rings is 1. The van der Waals surface area contributed by atoms with E-state index in [1.165, 1.54) is 0 Å². The average molecular weight is 259 g/mol. The van der Waals surface area contributed by atoms with Crippen molar-refractivity contribution in [3.63, 3.8) is 0 Å². The number of ether oxygens (including phenoxy) is 1. The predicted octanol–water partition coefficient (Wildman–Crippen LogP) is 2.71. The molecule has 4 nitrogen and oxygen atoms in total. The molecule has 102 valence electrons. The van der Waals surface area contributed by atoms with Gasteiger partial charge in [0.15, 0.2) is 0 Å². The number of nitrogens with one attached hydrogen (secondary N) is 1. The van der Waals surface area contributed by atoms with Gasteiger partial charge in [-0.15, -0.1) is 0 Å². The first-order chi connectivity index (χ1) is 9.08. The van der Waals surface area contributed by atoms with Crippen LogP contribution in [0.25, 0.3) is 11.3 Å². The Kier molecular flexibility index (Phi) is 3.90. The van der Waals surface area contributed by atoms with Crippen molar-refractivity contribution in [3.8, 4) is 17.0 Å². The zero-order chi connectivity index (χ0) is 13.9. The maximum Gasteiger partial charge on any atom is 0.128 e. The van der Waals surface area contributed by atoms with E-state index >= 15 is 0 Å². The second-order valence-electron chi connectivity index (χ2n) is 5.27. The van der Waals surface area contributed by atoms with E-state index in [2.05, 4.69) is 23.8 Å². The van der Waals surface area contributed by atoms with Crippen molar-refractivity contribution in [2.45, 2.75) is 25.7 Å². The fraction of sp³-hybridized carbons (Fsp3) is 0.400. The number of nitrogens with zero attached hydrogens (tertiary/aromatic N) is 1. The molecule has 1 aromatic heterocycles. The Morgan fingerprint density at radius 1 is 1.32 bits per heavy atom. The van der Waals surface area contributed by atoms with Crippen LogP contribution in [0.4, 0.5) is 0 Å². The first-order valence-electron chi connectivity index (χ1n) is 6.47. The minimum Gasteiger partial charge on any atom is -0.496 e. The molecule has 1 aromatic carbocycles. The molecule has 0 spiro atoms. The Labute approximate surface area is 114 Å². The lowest BCUT2D eigenvalue weighted by Gasteiger charge is -2.20. The summed E-state index contributed by atoms with van der Waals surface area (Å²) in [5.74, 6) is 1.80. The van der Waals surface area contributed by atoms with Crippen molar-refractivity contribution in [1.82, 2.24) is 9.97 Å². The number of hydrogen-bond acceptors (Lipinski definition) is 3. The lowest BCUT2D eigenvalue weighted by Crippen LogP contribution is -2.23. The van der Waals surface area contributed by atoms with Crippen LogP contribution in [-0.4, -0.2) is 23.6 Å². The molecule has 2 rings (SSSR count). The largest absolute Gasteiger partial charge is 0.496 e. The monoisotopic (exact) mass is 259 g/mol. The smallest absolute Gasteiger partial charge is 0.128 e. The van der Waals surface area contributed by atoms with Gasteiger partial charge in [0.25, 0.3) is 0 Å². The van der Waals surface area contributed by atoms with Gasteiger partial charge in [-0.3, -0.25) is 0 Å². The molecule has 0 bridgehead atoms. The first-order valence-corrected chi connectivity index (χ1v) is 6.47. The zero-order valence-corrected chi connectivity index (χ0v) is 11.7. The van der Waals surface area contributed by atoms with Crippen molar-refractivity contribution >= 4 is 0 Å². The SMILES string of the molecule is COc1ccccc1-c1cnc(C(C)(C)CCN)[nH]1. The third-order valence-electron chi connectivity index (χ3n) is 3.38. The molecule has 0 aliphatic rings. The number of H-pyrrole nitrogens is 1. The summed E-state index contributed by atoms with van der Waals surface area (Å²) in [6, 6.07) is 7.91. The lowest BCUT2D eigenvalue weighted by atomic mass is 9.88. The molecule has 0 fully saturated rings. The van der Waals surface area contributed by atoms with Crippen molar-refractivity contribution in [2.75, 3.05) is 13.7 Å². The average Bonchev–Trinajstić information content (AvgIpc) is 2.89. The molecule has 0 saturated heterocycles. The van der Waals surface area contributed by atoms with Gasteiger partial charge in [0.05, 0.1) is 19.0 Å². The highest BCUT2D eigenvalue weighted by molar-refractivity contribution is 5.66. The number of aromatic amines is 1. The summed E-state index contributed by atoms with van der Waals surface area (Å²) < 4.78 is 5.37. The fourth-order valence-corrected chi connectivity index (χ4v) is 2.15. The van der Waals surface area contributed by atoms with Gasteiger partial charge in [-0.05, 0) is 25.1 Å². The van der Waals surface area contributed by atoms with Gasteiger partial charge in [0, 0.05) is 11.0 Å². The van der Waals surface area contributed by atoms with Crippen molar-refractivity contribution in [1.29, 1.82) is 0 Å². The van der Waals surface area contributed by atoms with Crippen LogP contribution >= 0.6 is 0 Å². The van der Waals surface area contributed by atoms with E-state index in [1.807, 2.05) is 30.5 Å². The highest BCUT2D eigenvalue weighted by Gasteiger charge is 2.23. The molecule has 3 N–H and O–H groups in total. The second-order valence-corrected chi connectivity index (χ2v) is 5.27.